The molecule has 0 bridgehead atoms. The smallest absolute Gasteiger partial charge is 0.134 e. The molecule has 2 heterocycles. The van der Waals surface area contributed by atoms with Crippen molar-refractivity contribution in [1.82, 2.24) is 9.97 Å². The Labute approximate surface area is 163 Å². The fourth-order valence-electron chi connectivity index (χ4n) is 2.77. The number of benzene rings is 1. The van der Waals surface area contributed by atoms with E-state index in [2.05, 4.69) is 16.5 Å². The van der Waals surface area contributed by atoms with Gasteiger partial charge in [0.15, 0.2) is 0 Å². The van der Waals surface area contributed by atoms with Crippen LogP contribution < -0.4 is 10.6 Å². The van der Waals surface area contributed by atoms with Crippen molar-refractivity contribution in [2.45, 2.75) is 13.3 Å². The zero-order chi connectivity index (χ0) is 19.6. The molecule has 0 spiro atoms. The molecule has 0 amide bonds. The Hall–Kier alpha value is -2.92. The maximum Gasteiger partial charge on any atom is 0.134 e. The summed E-state index contributed by atoms with van der Waals surface area (Å²) in [7, 11) is 1.88. The minimum Gasteiger partial charge on any atom is -0.399 e. The van der Waals surface area contributed by atoms with Crippen LogP contribution in [0.4, 0.5) is 21.6 Å². The molecule has 3 rings (SSSR count). The Morgan fingerprint density at radius 1 is 1.22 bits per heavy atom. The molecule has 0 saturated heterocycles. The van der Waals surface area contributed by atoms with Crippen LogP contribution in [0.1, 0.15) is 18.9 Å². The third kappa shape index (κ3) is 3.93. The van der Waals surface area contributed by atoms with E-state index in [1.54, 1.807) is 30.6 Å². The molecule has 0 aliphatic heterocycles. The maximum atomic E-state index is 14.3. The van der Waals surface area contributed by atoms with Crippen LogP contribution in [0.3, 0.4) is 0 Å². The van der Waals surface area contributed by atoms with E-state index < -0.39 is 0 Å². The largest absolute Gasteiger partial charge is 0.399 e. The first-order valence-electron chi connectivity index (χ1n) is 8.49. The van der Waals surface area contributed by atoms with Crippen molar-refractivity contribution in [1.29, 1.82) is 0 Å². The number of halogens is 2. The Balaban J connectivity index is 2.17. The van der Waals surface area contributed by atoms with Crippen molar-refractivity contribution >= 4 is 34.4 Å². The van der Waals surface area contributed by atoms with Crippen molar-refractivity contribution < 1.29 is 4.39 Å². The van der Waals surface area contributed by atoms with E-state index in [0.717, 1.165) is 23.2 Å². The number of allylic oxidation sites excluding steroid dienone is 1. The molecule has 2 N–H and O–H groups in total. The lowest BCUT2D eigenvalue weighted by Gasteiger charge is -2.23. The van der Waals surface area contributed by atoms with Gasteiger partial charge in [0.1, 0.15) is 11.6 Å². The van der Waals surface area contributed by atoms with Gasteiger partial charge in [0.25, 0.3) is 0 Å². The van der Waals surface area contributed by atoms with Crippen molar-refractivity contribution in [3.63, 3.8) is 0 Å². The average molecular weight is 383 g/mol. The number of aromatic nitrogens is 2. The summed E-state index contributed by atoms with van der Waals surface area (Å²) in [5.74, 6) is 0.286. The van der Waals surface area contributed by atoms with Crippen LogP contribution in [0.15, 0.2) is 55.4 Å². The fourth-order valence-corrected chi connectivity index (χ4v) is 2.94. The van der Waals surface area contributed by atoms with Gasteiger partial charge in [0, 0.05) is 47.3 Å². The SMILES string of the molecule is C=C(CC)c1cnc(-c2cc(Cl)ccc2F)cc1N(C)c1cc(N)ccn1. The molecule has 0 atom stereocenters. The standard InChI is InChI=1S/C21H20ClFN4/c1-4-13(2)17-12-26-19(16-9-14(22)5-6-18(16)23)11-20(17)27(3)21-10-15(24)7-8-25-21/h5-12H,2,4H2,1,3H3,(H2,24,25). The zero-order valence-corrected chi connectivity index (χ0v) is 16.0. The van der Waals surface area contributed by atoms with Crippen LogP contribution in [0.5, 0.6) is 0 Å². The van der Waals surface area contributed by atoms with Gasteiger partial charge in [-0.2, -0.15) is 0 Å². The lowest BCUT2D eigenvalue weighted by atomic mass is 10.0. The number of pyridine rings is 2. The van der Waals surface area contributed by atoms with Gasteiger partial charge in [-0.05, 0) is 42.3 Å². The molecule has 0 aliphatic rings. The molecule has 3 aromatic rings. The van der Waals surface area contributed by atoms with E-state index in [0.29, 0.717) is 27.8 Å². The van der Waals surface area contributed by atoms with E-state index >= 15 is 0 Å². The second-order valence-electron chi connectivity index (χ2n) is 6.17. The minimum absolute atomic E-state index is 0.339. The molecule has 6 heteroatoms. The predicted octanol–water partition coefficient (Wildman–Crippen LogP) is 5.71. The van der Waals surface area contributed by atoms with E-state index in [1.807, 2.05) is 24.9 Å². The quantitative estimate of drug-likeness (QED) is 0.614. The van der Waals surface area contributed by atoms with Gasteiger partial charge in [-0.1, -0.05) is 25.1 Å². The van der Waals surface area contributed by atoms with Crippen LogP contribution in [0.25, 0.3) is 16.8 Å². The number of anilines is 3. The highest BCUT2D eigenvalue weighted by molar-refractivity contribution is 6.30. The van der Waals surface area contributed by atoms with Crippen molar-refractivity contribution in [3.8, 4) is 11.3 Å². The summed E-state index contributed by atoms with van der Waals surface area (Å²) in [6.45, 7) is 6.15. The molecular formula is C21H20ClFN4. The molecule has 1 aromatic carbocycles. The van der Waals surface area contributed by atoms with Crippen molar-refractivity contribution in [2.75, 3.05) is 17.7 Å². The molecular weight excluding hydrogens is 363 g/mol. The highest BCUT2D eigenvalue weighted by Crippen LogP contribution is 2.35. The summed E-state index contributed by atoms with van der Waals surface area (Å²) < 4.78 is 14.3. The molecule has 2 aromatic heterocycles. The number of nitrogen functional groups attached to an aromatic ring is 1. The van der Waals surface area contributed by atoms with E-state index in [-0.39, 0.29) is 5.82 Å². The molecule has 0 aliphatic carbocycles. The van der Waals surface area contributed by atoms with Gasteiger partial charge < -0.3 is 10.6 Å². The molecule has 0 fully saturated rings. The van der Waals surface area contributed by atoms with Crippen molar-refractivity contribution in [2.24, 2.45) is 0 Å². The maximum absolute atomic E-state index is 14.3. The van der Waals surface area contributed by atoms with Gasteiger partial charge >= 0.3 is 0 Å². The van der Waals surface area contributed by atoms with Gasteiger partial charge in [-0.25, -0.2) is 9.37 Å². The van der Waals surface area contributed by atoms with Crippen LogP contribution >= 0.6 is 11.6 Å². The summed E-state index contributed by atoms with van der Waals surface area (Å²) in [6.07, 6.45) is 4.12. The lowest BCUT2D eigenvalue weighted by molar-refractivity contribution is 0.631. The van der Waals surface area contributed by atoms with Gasteiger partial charge in [-0.15, -0.1) is 0 Å². The second-order valence-corrected chi connectivity index (χ2v) is 6.61. The van der Waals surface area contributed by atoms with E-state index in [9.17, 15) is 4.39 Å². The van der Waals surface area contributed by atoms with E-state index in [4.69, 9.17) is 17.3 Å². The normalized spacial score (nSPS) is 10.7. The highest BCUT2D eigenvalue weighted by atomic mass is 35.5. The minimum atomic E-state index is -0.385. The predicted molar refractivity (Wildman–Crippen MR) is 111 cm³/mol. The number of rotatable bonds is 5. The summed E-state index contributed by atoms with van der Waals surface area (Å²) in [4.78, 5) is 10.7. The van der Waals surface area contributed by atoms with Gasteiger partial charge in [0.05, 0.1) is 11.4 Å². The fraction of sp³-hybridized carbons (Fsp3) is 0.143. The topological polar surface area (TPSA) is 55.0 Å². The van der Waals surface area contributed by atoms with E-state index in [1.165, 1.54) is 12.1 Å². The monoisotopic (exact) mass is 382 g/mol. The number of hydrogen-bond donors (Lipinski definition) is 1. The Morgan fingerprint density at radius 2 is 2.00 bits per heavy atom. The number of hydrogen-bond acceptors (Lipinski definition) is 4. The summed E-state index contributed by atoms with van der Waals surface area (Å²) in [5, 5.41) is 0.447. The van der Waals surface area contributed by atoms with Crippen LogP contribution in [-0.2, 0) is 0 Å². The zero-order valence-electron chi connectivity index (χ0n) is 15.2. The lowest BCUT2D eigenvalue weighted by Crippen LogP contribution is -2.14. The summed E-state index contributed by atoms with van der Waals surface area (Å²) in [5.41, 5.74) is 9.93. The first-order valence-corrected chi connectivity index (χ1v) is 8.87. The Bertz CT molecular complexity index is 1000. The average Bonchev–Trinajstić information content (AvgIpc) is 2.68. The first-order chi connectivity index (χ1) is 12.9. The Kier molecular flexibility index (Phi) is 5.42. The molecule has 0 unspecified atom stereocenters. The molecule has 0 saturated carbocycles. The third-order valence-corrected chi connectivity index (χ3v) is 4.60. The summed E-state index contributed by atoms with van der Waals surface area (Å²) in [6, 6.07) is 9.73. The number of nitrogens with two attached hydrogens (primary N) is 1. The first kappa shape index (κ1) is 18.9. The molecule has 27 heavy (non-hydrogen) atoms. The highest BCUT2D eigenvalue weighted by Gasteiger charge is 2.16. The van der Waals surface area contributed by atoms with Crippen molar-refractivity contribution in [3.05, 3.63) is 71.8 Å². The molecule has 0 radical (unpaired) electrons. The molecule has 4 nitrogen and oxygen atoms in total. The van der Waals surface area contributed by atoms with Crippen LogP contribution in [0, 0.1) is 5.82 Å². The number of nitrogens with zero attached hydrogens (tertiary/aromatic N) is 3. The third-order valence-electron chi connectivity index (χ3n) is 4.37. The van der Waals surface area contributed by atoms with Gasteiger partial charge in [0.2, 0.25) is 0 Å². The van der Waals surface area contributed by atoms with Crippen LogP contribution in [0.2, 0.25) is 5.02 Å². The molecule has 138 valence electrons. The van der Waals surface area contributed by atoms with Crippen LogP contribution in [-0.4, -0.2) is 17.0 Å². The van der Waals surface area contributed by atoms with Gasteiger partial charge in [-0.3, -0.25) is 4.98 Å². The Morgan fingerprint density at radius 3 is 2.70 bits per heavy atom. The second kappa shape index (κ2) is 7.76. The summed E-state index contributed by atoms with van der Waals surface area (Å²) >= 11 is 6.04.